The van der Waals surface area contributed by atoms with Crippen LogP contribution in [0.3, 0.4) is 0 Å². The molecule has 0 aromatic carbocycles. The number of rotatable bonds is 9. The fraction of sp³-hybridized carbons (Fsp3) is 0.433. The van der Waals surface area contributed by atoms with Crippen molar-refractivity contribution in [1.82, 2.24) is 29.7 Å². The molecule has 0 bridgehead atoms. The highest BCUT2D eigenvalue weighted by Gasteiger charge is 2.26. The third-order valence-corrected chi connectivity index (χ3v) is 7.72. The summed E-state index contributed by atoms with van der Waals surface area (Å²) in [5.74, 6) is 1.42. The summed E-state index contributed by atoms with van der Waals surface area (Å²) in [5, 5.41) is 12.0. The summed E-state index contributed by atoms with van der Waals surface area (Å²) < 4.78 is 9.18. The number of carbonyl (C=O) groups excluding carboxylic acids is 1. The maximum absolute atomic E-state index is 12.8. The Balaban J connectivity index is 1.32. The van der Waals surface area contributed by atoms with E-state index < -0.39 is 0 Å². The average Bonchev–Trinajstić information content (AvgIpc) is 3.59. The Labute approximate surface area is 235 Å². The molecule has 1 N–H and O–H groups in total. The molecule has 1 atom stereocenters. The van der Waals surface area contributed by atoms with Crippen LogP contribution in [-0.4, -0.2) is 76.4 Å². The fourth-order valence-corrected chi connectivity index (χ4v) is 5.37. The summed E-state index contributed by atoms with van der Waals surface area (Å²) in [6.45, 7) is 6.34. The van der Waals surface area contributed by atoms with Crippen LogP contribution in [0.5, 0.6) is 0 Å². The number of hydrogen-bond donors (Lipinski definition) is 1. The molecule has 1 unspecified atom stereocenters. The van der Waals surface area contributed by atoms with Gasteiger partial charge >= 0.3 is 0 Å². The van der Waals surface area contributed by atoms with Gasteiger partial charge in [0.2, 0.25) is 5.91 Å². The molecule has 0 spiro atoms. The van der Waals surface area contributed by atoms with Crippen molar-refractivity contribution in [3.05, 3.63) is 54.7 Å². The first kappa shape index (κ1) is 27.5. The predicted octanol–water partition coefficient (Wildman–Crippen LogP) is 3.85. The number of fused-ring (bicyclic) bond motifs is 1. The number of aliphatic imine (C=N–C) groups is 1. The summed E-state index contributed by atoms with van der Waals surface area (Å²) in [6, 6.07) is 6.34. The van der Waals surface area contributed by atoms with Gasteiger partial charge in [-0.1, -0.05) is 13.8 Å². The molecule has 10 heteroatoms. The highest BCUT2D eigenvalue weighted by molar-refractivity contribution is 5.97. The molecule has 210 valence electrons. The summed E-state index contributed by atoms with van der Waals surface area (Å²) >= 11 is 0. The van der Waals surface area contributed by atoms with Crippen LogP contribution in [0, 0.1) is 11.8 Å². The third-order valence-electron chi connectivity index (χ3n) is 7.72. The second-order valence-electron chi connectivity index (χ2n) is 10.8. The molecular formula is C30H38N8O2. The molecule has 4 aromatic heterocycles. The van der Waals surface area contributed by atoms with Gasteiger partial charge in [-0.05, 0) is 37.0 Å². The molecule has 0 aliphatic carbocycles. The lowest BCUT2D eigenvalue weighted by molar-refractivity contribution is -0.126. The molecule has 40 heavy (non-hydrogen) atoms. The first-order valence-electron chi connectivity index (χ1n) is 13.8. The zero-order chi connectivity index (χ0) is 28.2. The number of amides is 1. The largest absolute Gasteiger partial charge is 0.379 e. The Morgan fingerprint density at radius 3 is 2.55 bits per heavy atom. The number of anilines is 1. The first-order chi connectivity index (χ1) is 19.4. The number of hydrogen-bond acceptors (Lipinski definition) is 7. The van der Waals surface area contributed by atoms with Crippen LogP contribution < -0.4 is 10.2 Å². The van der Waals surface area contributed by atoms with Crippen molar-refractivity contribution in [3.63, 3.8) is 0 Å². The predicted molar refractivity (Wildman–Crippen MR) is 158 cm³/mol. The molecule has 1 aliphatic rings. The van der Waals surface area contributed by atoms with Crippen molar-refractivity contribution < 1.29 is 9.53 Å². The maximum Gasteiger partial charge on any atom is 0.223 e. The van der Waals surface area contributed by atoms with Crippen molar-refractivity contribution in [1.29, 1.82) is 0 Å². The number of pyridine rings is 2. The molecule has 5 rings (SSSR count). The van der Waals surface area contributed by atoms with Crippen molar-refractivity contribution in [2.24, 2.45) is 23.9 Å². The highest BCUT2D eigenvalue weighted by Crippen LogP contribution is 2.32. The van der Waals surface area contributed by atoms with E-state index in [2.05, 4.69) is 57.5 Å². The minimum atomic E-state index is 0.0178. The average molecular weight is 543 g/mol. The van der Waals surface area contributed by atoms with E-state index in [-0.39, 0.29) is 17.9 Å². The molecule has 0 saturated carbocycles. The molecule has 0 radical (unpaired) electrons. The molecule has 1 fully saturated rings. The number of aryl methyl sites for hydroxylation is 1. The van der Waals surface area contributed by atoms with Gasteiger partial charge in [-0.2, -0.15) is 10.2 Å². The topological polar surface area (TPSA) is 102 Å². The number of piperidine rings is 1. The Morgan fingerprint density at radius 1 is 1.12 bits per heavy atom. The summed E-state index contributed by atoms with van der Waals surface area (Å²) in [6.07, 6.45) is 13.1. The van der Waals surface area contributed by atoms with Crippen molar-refractivity contribution in [2.45, 2.75) is 32.8 Å². The van der Waals surface area contributed by atoms with E-state index >= 15 is 0 Å². The number of aromatic nitrogens is 5. The SMILES string of the molecule is C/N=C\c1cnn2cc(-c3cnn(C)c3)cc(-c3ccc(N4CCC(C(=O)NCC(OC)C(C)C)CC4)nc3)c12. The van der Waals surface area contributed by atoms with Crippen molar-refractivity contribution in [2.75, 3.05) is 38.7 Å². The molecule has 1 amide bonds. The number of methoxy groups -OCH3 is 1. The second kappa shape index (κ2) is 12.0. The number of nitrogens with zero attached hydrogens (tertiary/aromatic N) is 7. The lowest BCUT2D eigenvalue weighted by Gasteiger charge is -2.32. The van der Waals surface area contributed by atoms with Crippen LogP contribution in [0.2, 0.25) is 0 Å². The summed E-state index contributed by atoms with van der Waals surface area (Å²) in [4.78, 5) is 24.1. The highest BCUT2D eigenvalue weighted by atomic mass is 16.5. The van der Waals surface area contributed by atoms with E-state index in [1.165, 1.54) is 0 Å². The maximum atomic E-state index is 12.8. The lowest BCUT2D eigenvalue weighted by atomic mass is 9.95. The zero-order valence-electron chi connectivity index (χ0n) is 23.9. The van der Waals surface area contributed by atoms with Crippen molar-refractivity contribution in [3.8, 4) is 22.3 Å². The lowest BCUT2D eigenvalue weighted by Crippen LogP contribution is -2.43. The van der Waals surface area contributed by atoms with Gasteiger partial charge in [-0.25, -0.2) is 9.50 Å². The summed E-state index contributed by atoms with van der Waals surface area (Å²) in [5.41, 5.74) is 5.99. The number of ether oxygens (including phenoxy) is 1. The molecule has 1 aliphatic heterocycles. The molecule has 4 aromatic rings. The monoisotopic (exact) mass is 542 g/mol. The van der Waals surface area contributed by atoms with Gasteiger partial charge in [0.25, 0.3) is 0 Å². The van der Waals surface area contributed by atoms with E-state index in [1.807, 2.05) is 48.8 Å². The van der Waals surface area contributed by atoms with Gasteiger partial charge in [-0.15, -0.1) is 0 Å². The van der Waals surface area contributed by atoms with Crippen LogP contribution >= 0.6 is 0 Å². The fourth-order valence-electron chi connectivity index (χ4n) is 5.37. The van der Waals surface area contributed by atoms with Crippen LogP contribution in [0.1, 0.15) is 32.3 Å². The Morgan fingerprint density at radius 2 is 1.93 bits per heavy atom. The van der Waals surface area contributed by atoms with Gasteiger partial charge in [0.15, 0.2) is 0 Å². The van der Waals surface area contributed by atoms with Gasteiger partial charge in [0.05, 0.1) is 24.0 Å². The standard InChI is InChI=1S/C30H38N8O2/c1-20(2)27(40-5)17-33-30(39)21-8-10-37(11-9-21)28-7-6-22(14-32-28)26-12-23(25-16-34-36(4)18-25)19-38-29(26)24(13-31-3)15-35-38/h6-7,12-16,18-21,27H,8-11,17H2,1-5H3,(H,33,39)/b31-13-. The first-order valence-corrected chi connectivity index (χ1v) is 13.8. The normalized spacial score (nSPS) is 15.4. The molecular weight excluding hydrogens is 504 g/mol. The van der Waals surface area contributed by atoms with E-state index in [1.54, 1.807) is 18.8 Å². The van der Waals surface area contributed by atoms with E-state index in [4.69, 9.17) is 9.72 Å². The summed E-state index contributed by atoms with van der Waals surface area (Å²) in [7, 11) is 5.37. The minimum Gasteiger partial charge on any atom is -0.379 e. The zero-order valence-corrected chi connectivity index (χ0v) is 23.9. The second-order valence-corrected chi connectivity index (χ2v) is 10.8. The van der Waals surface area contributed by atoms with Gasteiger partial charge in [0.1, 0.15) is 5.82 Å². The quantitative estimate of drug-likeness (QED) is 0.323. The Kier molecular flexibility index (Phi) is 8.25. The third kappa shape index (κ3) is 5.77. The Hall–Kier alpha value is -4.05. The van der Waals surface area contributed by atoms with Crippen molar-refractivity contribution >= 4 is 23.5 Å². The van der Waals surface area contributed by atoms with Crippen LogP contribution in [-0.2, 0) is 16.6 Å². The van der Waals surface area contributed by atoms with Crippen LogP contribution in [0.4, 0.5) is 5.82 Å². The number of carbonyl (C=O) groups is 1. The van der Waals surface area contributed by atoms with Crippen LogP contribution in [0.15, 0.2) is 54.2 Å². The van der Waals surface area contributed by atoms with E-state index in [9.17, 15) is 4.79 Å². The van der Waals surface area contributed by atoms with Crippen LogP contribution in [0.25, 0.3) is 27.8 Å². The molecule has 1 saturated heterocycles. The minimum absolute atomic E-state index is 0.0178. The van der Waals surface area contributed by atoms with Gasteiger partial charge in [-0.3, -0.25) is 14.5 Å². The van der Waals surface area contributed by atoms with Gasteiger partial charge < -0.3 is 15.0 Å². The smallest absolute Gasteiger partial charge is 0.223 e. The Bertz CT molecular complexity index is 1480. The molecule has 5 heterocycles. The number of nitrogens with one attached hydrogen (secondary N) is 1. The van der Waals surface area contributed by atoms with Gasteiger partial charge in [0, 0.05) is 99.4 Å². The van der Waals surface area contributed by atoms with E-state index in [0.717, 1.165) is 65.1 Å². The van der Waals surface area contributed by atoms with E-state index in [0.29, 0.717) is 12.5 Å². The molecule has 10 nitrogen and oxygen atoms in total.